The molecule has 8 nitrogen and oxygen atoms in total. The summed E-state index contributed by atoms with van der Waals surface area (Å²) in [5.74, 6) is 4.69. The number of nitrogens with zero attached hydrogens (tertiary/aromatic N) is 2. The van der Waals surface area contributed by atoms with Gasteiger partial charge >= 0.3 is 0 Å². The molecule has 7 aromatic rings. The summed E-state index contributed by atoms with van der Waals surface area (Å²) in [7, 11) is 1.64. The van der Waals surface area contributed by atoms with Gasteiger partial charge < -0.3 is 38.2 Å². The molecule has 7 aromatic carbocycles. The molecular weight excluding hydrogens is 844 g/mol. The molecule has 0 aliphatic carbocycles. The Morgan fingerprint density at radius 1 is 0.439 bits per heavy atom. The number of rotatable bonds is 25. The molecule has 0 bridgehead atoms. The summed E-state index contributed by atoms with van der Waals surface area (Å²) < 4.78 is 37.5. The largest absolute Gasteiger partial charge is 0.493 e. The van der Waals surface area contributed by atoms with Crippen molar-refractivity contribution in [3.05, 3.63) is 215 Å². The number of hydrogen-bond acceptors (Lipinski definition) is 8. The van der Waals surface area contributed by atoms with Crippen LogP contribution in [0.4, 0.5) is 11.4 Å². The molecule has 340 valence electrons. The Morgan fingerprint density at radius 3 is 1.39 bits per heavy atom. The molecular formula is C57H59ClN2O6. The third-order valence-electron chi connectivity index (χ3n) is 11.0. The van der Waals surface area contributed by atoms with E-state index in [-0.39, 0.29) is 0 Å². The predicted molar refractivity (Wildman–Crippen MR) is 268 cm³/mol. The second-order valence-corrected chi connectivity index (χ2v) is 16.0. The van der Waals surface area contributed by atoms with Crippen LogP contribution in [0.5, 0.6) is 34.5 Å². The highest BCUT2D eigenvalue weighted by molar-refractivity contribution is 6.17. The van der Waals surface area contributed by atoms with Gasteiger partial charge in [-0.05, 0) is 101 Å². The lowest BCUT2D eigenvalue weighted by molar-refractivity contribution is 0.289. The zero-order valence-corrected chi connectivity index (χ0v) is 38.9. The minimum atomic E-state index is 0.338. The second kappa shape index (κ2) is 24.3. The minimum Gasteiger partial charge on any atom is -0.493 e. The monoisotopic (exact) mass is 902 g/mol. The first-order valence-corrected chi connectivity index (χ1v) is 23.0. The van der Waals surface area contributed by atoms with E-state index < -0.39 is 0 Å². The fraction of sp³-hybridized carbons (Fsp3) is 0.228. The normalized spacial score (nSPS) is 10.8. The molecule has 0 saturated carbocycles. The van der Waals surface area contributed by atoms with Gasteiger partial charge in [-0.2, -0.15) is 0 Å². The van der Waals surface area contributed by atoms with E-state index in [0.29, 0.717) is 63.5 Å². The van der Waals surface area contributed by atoms with Gasteiger partial charge in [-0.15, -0.1) is 11.6 Å². The van der Waals surface area contributed by atoms with Crippen LogP contribution in [-0.4, -0.2) is 26.8 Å². The summed E-state index contributed by atoms with van der Waals surface area (Å²) in [6.07, 6.45) is 1.71. The maximum Gasteiger partial charge on any atom is 0.161 e. The quantitative estimate of drug-likeness (QED) is 0.0415. The molecule has 0 aliphatic heterocycles. The number of methoxy groups -OCH3 is 1. The van der Waals surface area contributed by atoms with E-state index in [0.717, 1.165) is 80.8 Å². The van der Waals surface area contributed by atoms with Crippen molar-refractivity contribution < 1.29 is 28.4 Å². The second-order valence-electron chi connectivity index (χ2n) is 15.8. The first-order chi connectivity index (χ1) is 32.4. The van der Waals surface area contributed by atoms with Crippen LogP contribution >= 0.6 is 11.6 Å². The minimum absolute atomic E-state index is 0.338. The summed E-state index contributed by atoms with van der Waals surface area (Å²) in [6, 6.07) is 55.3. The van der Waals surface area contributed by atoms with Crippen molar-refractivity contribution in [1.29, 1.82) is 0 Å². The number of anilines is 2. The van der Waals surface area contributed by atoms with Crippen LogP contribution < -0.4 is 38.2 Å². The van der Waals surface area contributed by atoms with Gasteiger partial charge in [0, 0.05) is 38.1 Å². The van der Waals surface area contributed by atoms with Gasteiger partial charge in [0.15, 0.2) is 11.5 Å². The summed E-state index contributed by atoms with van der Waals surface area (Å²) in [4.78, 5) is 4.63. The number of ether oxygens (including phenoxy) is 6. The van der Waals surface area contributed by atoms with Gasteiger partial charge in [0.2, 0.25) is 0 Å². The van der Waals surface area contributed by atoms with Crippen molar-refractivity contribution in [2.45, 2.75) is 59.2 Å². The maximum absolute atomic E-state index is 6.76. The first-order valence-electron chi connectivity index (χ1n) is 22.4. The lowest BCUT2D eigenvalue weighted by atomic mass is 10.1. The molecule has 0 heterocycles. The lowest BCUT2D eigenvalue weighted by Crippen LogP contribution is -2.23. The molecule has 7 rings (SSSR count). The van der Waals surface area contributed by atoms with Crippen LogP contribution in [0.15, 0.2) is 176 Å². The van der Waals surface area contributed by atoms with E-state index in [2.05, 4.69) is 109 Å². The zero-order chi connectivity index (χ0) is 45.9. The van der Waals surface area contributed by atoms with Crippen molar-refractivity contribution in [3.8, 4) is 34.5 Å². The highest BCUT2D eigenvalue weighted by Crippen LogP contribution is 2.36. The molecule has 0 atom stereocenters. The van der Waals surface area contributed by atoms with Crippen LogP contribution in [0.1, 0.15) is 52.8 Å². The van der Waals surface area contributed by atoms with Crippen molar-refractivity contribution in [1.82, 2.24) is 0 Å². The number of halogens is 1. The Labute approximate surface area is 395 Å². The summed E-state index contributed by atoms with van der Waals surface area (Å²) in [5, 5.41) is 0. The molecule has 0 fully saturated rings. The van der Waals surface area contributed by atoms with Gasteiger partial charge in [-0.25, -0.2) is 0 Å². The van der Waals surface area contributed by atoms with Gasteiger partial charge in [0.25, 0.3) is 0 Å². The molecule has 0 saturated heterocycles. The average Bonchev–Trinajstić information content (AvgIpc) is 3.37. The van der Waals surface area contributed by atoms with Crippen LogP contribution in [0.25, 0.3) is 0 Å². The van der Waals surface area contributed by atoms with Gasteiger partial charge in [0.1, 0.15) is 56.0 Å². The smallest absolute Gasteiger partial charge is 0.161 e. The van der Waals surface area contributed by atoms with Crippen molar-refractivity contribution in [3.63, 3.8) is 0 Å². The number of hydrogen-bond donors (Lipinski definition) is 0. The van der Waals surface area contributed by atoms with E-state index >= 15 is 0 Å². The molecule has 0 aliphatic rings. The average molecular weight is 904 g/mol. The molecule has 9 heteroatoms. The highest BCUT2D eigenvalue weighted by atomic mass is 35.5. The van der Waals surface area contributed by atoms with Crippen LogP contribution in [0.2, 0.25) is 0 Å². The van der Waals surface area contributed by atoms with E-state index in [1.165, 1.54) is 5.56 Å². The first kappa shape index (κ1) is 46.9. The van der Waals surface area contributed by atoms with Crippen LogP contribution in [0.3, 0.4) is 0 Å². The molecule has 0 aromatic heterocycles. The molecule has 66 heavy (non-hydrogen) atoms. The molecule has 0 amide bonds. The topological polar surface area (TPSA) is 61.9 Å². The third kappa shape index (κ3) is 13.3. The third-order valence-corrected chi connectivity index (χ3v) is 11.4. The van der Waals surface area contributed by atoms with Gasteiger partial charge in [-0.1, -0.05) is 122 Å². The van der Waals surface area contributed by atoms with Crippen LogP contribution in [-0.2, 0) is 45.4 Å². The standard InChI is InChI=1S/C57H59ClN2O6/c1-5-29-62-56-28-25-48(34-57(56)61-4)42-66-55-27-24-47(33-53(55)59(6-2)37-43-17-11-8-12-18-43)41-65-54-26-23-46(36-58)32-52(54)60(7-3)38-49-30-50(63-39-44-19-13-9-14-20-44)35-51(31-49)64-40-45-21-15-10-16-22-45/h5,8-28,30-35H,1,6-7,29,36-42H2,2-4H3. The summed E-state index contributed by atoms with van der Waals surface area (Å²) >= 11 is 6.46. The van der Waals surface area contributed by atoms with Gasteiger partial charge in [0.05, 0.1) is 18.5 Å². The van der Waals surface area contributed by atoms with Crippen molar-refractivity contribution in [2.24, 2.45) is 0 Å². The fourth-order valence-corrected chi connectivity index (χ4v) is 7.72. The zero-order valence-electron chi connectivity index (χ0n) is 38.2. The molecule has 0 spiro atoms. The van der Waals surface area contributed by atoms with E-state index in [1.54, 1.807) is 13.2 Å². The summed E-state index contributed by atoms with van der Waals surface area (Å²) in [6.45, 7) is 12.8. The Morgan fingerprint density at radius 2 is 0.894 bits per heavy atom. The Kier molecular flexibility index (Phi) is 17.3. The van der Waals surface area contributed by atoms with Crippen LogP contribution in [0, 0.1) is 0 Å². The van der Waals surface area contributed by atoms with E-state index in [9.17, 15) is 0 Å². The SMILES string of the molecule is C=CCOc1ccc(COc2ccc(COc3ccc(CCl)cc3N(CC)Cc3cc(OCc4ccccc4)cc(OCc4ccccc4)c3)cc2N(CC)Cc2ccccc2)cc1OC. The molecule has 0 radical (unpaired) electrons. The van der Waals surface area contributed by atoms with Gasteiger partial charge in [-0.3, -0.25) is 0 Å². The maximum atomic E-state index is 6.76. The molecule has 0 unspecified atom stereocenters. The van der Waals surface area contributed by atoms with Crippen molar-refractivity contribution in [2.75, 3.05) is 36.6 Å². The Bertz CT molecular complexity index is 2530. The van der Waals surface area contributed by atoms with Crippen molar-refractivity contribution >= 4 is 23.0 Å². The number of benzene rings is 7. The predicted octanol–water partition coefficient (Wildman–Crippen LogP) is 13.4. The Balaban J connectivity index is 1.13. The highest BCUT2D eigenvalue weighted by Gasteiger charge is 2.18. The lowest BCUT2D eigenvalue weighted by Gasteiger charge is -2.28. The fourth-order valence-electron chi connectivity index (χ4n) is 7.56. The summed E-state index contributed by atoms with van der Waals surface area (Å²) in [5.41, 5.74) is 9.34. The molecule has 0 N–H and O–H groups in total. The van der Waals surface area contributed by atoms with E-state index in [4.69, 9.17) is 40.0 Å². The number of alkyl halides is 1. The van der Waals surface area contributed by atoms with E-state index in [1.807, 2.05) is 84.9 Å². The Hall–Kier alpha value is -7.03.